The lowest BCUT2D eigenvalue weighted by atomic mass is 10.2. The highest BCUT2D eigenvalue weighted by Gasteiger charge is 2.36. The fraction of sp³-hybridized carbons (Fsp3) is 0.286. The Morgan fingerprint density at radius 1 is 1.47 bits per heavy atom. The van der Waals surface area contributed by atoms with Crippen LogP contribution in [0.1, 0.15) is 11.3 Å². The molecule has 0 aromatic carbocycles. The topological polar surface area (TPSA) is 47.3 Å². The summed E-state index contributed by atoms with van der Waals surface area (Å²) in [6.45, 7) is 1.10. The third kappa shape index (κ3) is 1.50. The van der Waals surface area contributed by atoms with Gasteiger partial charge in [-0.15, -0.1) is 0 Å². The number of nitrogens with zero attached hydrogens (tertiary/aromatic N) is 3. The smallest absolute Gasteiger partial charge is 0.269 e. The summed E-state index contributed by atoms with van der Waals surface area (Å²) in [7, 11) is 0. The fourth-order valence-corrected chi connectivity index (χ4v) is 1.83. The molecular formula is C7H4F3N3OS. The zero-order chi connectivity index (χ0) is 11.2. The molecule has 4 nitrogen and oxygen atoms in total. The van der Waals surface area contributed by atoms with E-state index < -0.39 is 23.0 Å². The molecule has 0 atom stereocenters. The molecule has 0 N–H and O–H groups in total. The van der Waals surface area contributed by atoms with Crippen molar-refractivity contribution in [2.75, 3.05) is 0 Å². The van der Waals surface area contributed by atoms with Crippen LogP contribution in [-0.4, -0.2) is 13.8 Å². The summed E-state index contributed by atoms with van der Waals surface area (Å²) in [5, 5.41) is 0. The van der Waals surface area contributed by atoms with Gasteiger partial charge in [0.1, 0.15) is 12.0 Å². The molecule has 0 spiro atoms. The molecule has 0 radical (unpaired) electrons. The summed E-state index contributed by atoms with van der Waals surface area (Å²) < 4.78 is 42.2. The normalized spacial score (nSPS) is 12.3. The van der Waals surface area contributed by atoms with Crippen molar-refractivity contribution in [3.63, 3.8) is 0 Å². The minimum absolute atomic E-state index is 0.0575. The molecule has 0 saturated heterocycles. The van der Waals surface area contributed by atoms with Crippen molar-refractivity contribution in [1.82, 2.24) is 13.8 Å². The van der Waals surface area contributed by atoms with Gasteiger partial charge in [0.25, 0.3) is 5.56 Å². The van der Waals surface area contributed by atoms with Crippen LogP contribution in [0.3, 0.4) is 0 Å². The maximum Gasteiger partial charge on any atom is 0.432 e. The van der Waals surface area contributed by atoms with Crippen LogP contribution >= 0.6 is 11.5 Å². The molecular weight excluding hydrogens is 231 g/mol. The van der Waals surface area contributed by atoms with Gasteiger partial charge in [-0.3, -0.25) is 9.20 Å². The first-order valence-corrected chi connectivity index (χ1v) is 4.59. The summed E-state index contributed by atoms with van der Waals surface area (Å²) >= 11 is 0.742. The van der Waals surface area contributed by atoms with E-state index in [9.17, 15) is 18.0 Å². The molecule has 2 rings (SSSR count). The number of aromatic nitrogens is 3. The maximum absolute atomic E-state index is 12.6. The van der Waals surface area contributed by atoms with E-state index in [2.05, 4.69) is 9.36 Å². The maximum atomic E-state index is 12.6. The van der Waals surface area contributed by atoms with E-state index in [1.54, 1.807) is 0 Å². The molecule has 0 aliphatic carbocycles. The van der Waals surface area contributed by atoms with Gasteiger partial charge in [-0.1, -0.05) is 0 Å². The Kier molecular flexibility index (Phi) is 2.03. The van der Waals surface area contributed by atoms with Crippen LogP contribution in [-0.2, 0) is 6.18 Å². The molecule has 80 valence electrons. The Labute approximate surface area is 85.2 Å². The van der Waals surface area contributed by atoms with Gasteiger partial charge in [0.05, 0.1) is 0 Å². The number of rotatable bonds is 0. The quantitative estimate of drug-likeness (QED) is 0.694. The minimum atomic E-state index is -4.59. The van der Waals surface area contributed by atoms with E-state index in [-0.39, 0.29) is 4.96 Å². The molecule has 2 aromatic heterocycles. The Hall–Kier alpha value is -1.44. The Balaban J connectivity index is 2.96. The number of hydrogen-bond acceptors (Lipinski definition) is 4. The van der Waals surface area contributed by atoms with Crippen LogP contribution in [0, 0.1) is 6.92 Å². The van der Waals surface area contributed by atoms with Crippen LogP contribution in [0.15, 0.2) is 11.1 Å². The highest BCUT2D eigenvalue weighted by Crippen LogP contribution is 2.30. The van der Waals surface area contributed by atoms with Gasteiger partial charge >= 0.3 is 6.18 Å². The summed E-state index contributed by atoms with van der Waals surface area (Å²) in [6, 6.07) is 0. The van der Waals surface area contributed by atoms with Crippen LogP contribution < -0.4 is 5.56 Å². The second-order valence-corrected chi connectivity index (χ2v) is 3.61. The summed E-state index contributed by atoms with van der Waals surface area (Å²) in [6.07, 6.45) is -3.58. The predicted molar refractivity (Wildman–Crippen MR) is 46.9 cm³/mol. The van der Waals surface area contributed by atoms with Gasteiger partial charge in [-0.25, -0.2) is 0 Å². The molecule has 0 saturated carbocycles. The lowest BCUT2D eigenvalue weighted by Crippen LogP contribution is -2.22. The molecule has 2 heterocycles. The second-order valence-electron chi connectivity index (χ2n) is 2.85. The average molecular weight is 235 g/mol. The largest absolute Gasteiger partial charge is 0.432 e. The van der Waals surface area contributed by atoms with Crippen molar-refractivity contribution in [2.45, 2.75) is 13.1 Å². The molecule has 15 heavy (non-hydrogen) atoms. The van der Waals surface area contributed by atoms with Crippen LogP contribution in [0.4, 0.5) is 13.2 Å². The Morgan fingerprint density at radius 3 is 2.73 bits per heavy atom. The molecule has 8 heteroatoms. The molecule has 0 amide bonds. The van der Waals surface area contributed by atoms with Crippen molar-refractivity contribution in [2.24, 2.45) is 0 Å². The monoisotopic (exact) mass is 235 g/mol. The molecule has 0 unspecified atom stereocenters. The van der Waals surface area contributed by atoms with Crippen molar-refractivity contribution < 1.29 is 13.2 Å². The van der Waals surface area contributed by atoms with Crippen molar-refractivity contribution in [3.05, 3.63) is 27.9 Å². The van der Waals surface area contributed by atoms with E-state index >= 15 is 0 Å². The minimum Gasteiger partial charge on any atom is -0.269 e. The molecule has 0 bridgehead atoms. The third-order valence-electron chi connectivity index (χ3n) is 1.89. The summed E-state index contributed by atoms with van der Waals surface area (Å²) in [5.74, 6) is 0. The second kappa shape index (κ2) is 3.02. The van der Waals surface area contributed by atoms with Gasteiger partial charge < -0.3 is 0 Å². The Morgan fingerprint density at radius 2 is 2.13 bits per heavy atom. The first kappa shape index (κ1) is 10.1. The van der Waals surface area contributed by atoms with E-state index in [0.29, 0.717) is 0 Å². The lowest BCUT2D eigenvalue weighted by molar-refractivity contribution is -0.142. The van der Waals surface area contributed by atoms with E-state index in [1.807, 2.05) is 0 Å². The van der Waals surface area contributed by atoms with Crippen LogP contribution in [0.2, 0.25) is 0 Å². The molecule has 2 aromatic rings. The molecule has 0 aliphatic heterocycles. The number of fused-ring (bicyclic) bond motifs is 1. The summed E-state index contributed by atoms with van der Waals surface area (Å²) in [4.78, 5) is 14.6. The van der Waals surface area contributed by atoms with Crippen molar-refractivity contribution in [3.8, 4) is 0 Å². The van der Waals surface area contributed by atoms with Crippen LogP contribution in [0.25, 0.3) is 4.96 Å². The zero-order valence-electron chi connectivity index (χ0n) is 7.37. The lowest BCUT2D eigenvalue weighted by Gasteiger charge is -2.10. The predicted octanol–water partition coefficient (Wildman–Crippen LogP) is 1.48. The summed E-state index contributed by atoms with van der Waals surface area (Å²) in [5.41, 5.74) is -2.29. The molecule has 0 fully saturated rings. The first-order chi connectivity index (χ1) is 6.91. The van der Waals surface area contributed by atoms with Gasteiger partial charge in [-0.05, 0) is 6.92 Å². The van der Waals surface area contributed by atoms with E-state index in [0.717, 1.165) is 29.2 Å². The SMILES string of the molecule is Cc1c(C(F)(F)F)n2cnsc2nc1=O. The fourth-order valence-electron chi connectivity index (χ4n) is 1.24. The van der Waals surface area contributed by atoms with E-state index in [1.165, 1.54) is 0 Å². The number of hydrogen-bond donors (Lipinski definition) is 0. The van der Waals surface area contributed by atoms with Crippen LogP contribution in [0.5, 0.6) is 0 Å². The number of halogens is 3. The van der Waals surface area contributed by atoms with Crippen molar-refractivity contribution >= 4 is 16.5 Å². The highest BCUT2D eigenvalue weighted by molar-refractivity contribution is 7.11. The molecule has 0 aliphatic rings. The van der Waals surface area contributed by atoms with Gasteiger partial charge in [0.2, 0.25) is 4.96 Å². The highest BCUT2D eigenvalue weighted by atomic mass is 32.1. The van der Waals surface area contributed by atoms with E-state index in [4.69, 9.17) is 0 Å². The first-order valence-electron chi connectivity index (χ1n) is 3.82. The van der Waals surface area contributed by atoms with Gasteiger partial charge in [0.15, 0.2) is 0 Å². The standard InChI is InChI=1S/C7H4F3N3OS/c1-3-4(7(8,9)10)13-2-11-15-6(13)12-5(3)14/h2H,1H3. The third-order valence-corrected chi connectivity index (χ3v) is 2.54. The van der Waals surface area contributed by atoms with Gasteiger partial charge in [0, 0.05) is 17.1 Å². The number of alkyl halides is 3. The van der Waals surface area contributed by atoms with Crippen molar-refractivity contribution in [1.29, 1.82) is 0 Å². The zero-order valence-corrected chi connectivity index (χ0v) is 8.19. The van der Waals surface area contributed by atoms with Gasteiger partial charge in [-0.2, -0.15) is 22.5 Å². The average Bonchev–Trinajstić information content (AvgIpc) is 2.50. The Bertz CT molecular complexity index is 571.